The summed E-state index contributed by atoms with van der Waals surface area (Å²) in [5.74, 6) is -0.0764. The van der Waals surface area contributed by atoms with Crippen molar-refractivity contribution in [3.05, 3.63) is 42.2 Å². The number of alkyl halides is 3. The molecule has 0 aliphatic rings. The van der Waals surface area contributed by atoms with Crippen LogP contribution in [0.15, 0.2) is 35.2 Å². The lowest BCUT2D eigenvalue weighted by atomic mass is 10.3. The number of aromatic nitrogens is 3. The molecule has 0 radical (unpaired) electrons. The van der Waals surface area contributed by atoms with E-state index in [1.165, 1.54) is 11.3 Å². The molecule has 0 unspecified atom stereocenters. The van der Waals surface area contributed by atoms with Crippen LogP contribution in [0.1, 0.15) is 11.4 Å². The Morgan fingerprint density at radius 2 is 2.05 bits per heavy atom. The number of pyridine rings is 1. The van der Waals surface area contributed by atoms with Gasteiger partial charge >= 0.3 is 6.18 Å². The summed E-state index contributed by atoms with van der Waals surface area (Å²) in [6.07, 6.45) is -0.641. The highest BCUT2D eigenvalue weighted by Crippen LogP contribution is 2.36. The summed E-state index contributed by atoms with van der Waals surface area (Å²) in [6, 6.07) is 3.59. The molecular formula is C13H8F3N3OS. The van der Waals surface area contributed by atoms with Gasteiger partial charge in [0.15, 0.2) is 5.69 Å². The van der Waals surface area contributed by atoms with Crippen LogP contribution in [-0.4, -0.2) is 15.0 Å². The van der Waals surface area contributed by atoms with Crippen LogP contribution in [0.5, 0.6) is 0 Å². The second-order valence-electron chi connectivity index (χ2n) is 4.21. The molecule has 0 N–H and O–H groups in total. The third kappa shape index (κ3) is 2.66. The molecule has 0 saturated heterocycles. The Labute approximate surface area is 121 Å². The number of hydrogen-bond acceptors (Lipinski definition) is 5. The zero-order valence-corrected chi connectivity index (χ0v) is 11.5. The van der Waals surface area contributed by atoms with E-state index in [-0.39, 0.29) is 5.89 Å². The summed E-state index contributed by atoms with van der Waals surface area (Å²) in [5.41, 5.74) is 0.308. The van der Waals surface area contributed by atoms with Crippen LogP contribution in [0.2, 0.25) is 0 Å². The van der Waals surface area contributed by atoms with E-state index in [2.05, 4.69) is 15.0 Å². The average molecular weight is 311 g/mol. The zero-order chi connectivity index (χ0) is 15.0. The van der Waals surface area contributed by atoms with Crippen LogP contribution >= 0.6 is 11.3 Å². The monoisotopic (exact) mass is 311 g/mol. The first kappa shape index (κ1) is 13.7. The summed E-state index contributed by atoms with van der Waals surface area (Å²) < 4.78 is 42.6. The minimum Gasteiger partial charge on any atom is -0.443 e. The number of aryl methyl sites for hydroxylation is 1. The van der Waals surface area contributed by atoms with Crippen molar-refractivity contribution >= 4 is 11.3 Å². The summed E-state index contributed by atoms with van der Waals surface area (Å²) in [4.78, 5) is 12.3. The van der Waals surface area contributed by atoms with E-state index >= 15 is 0 Å². The Bertz CT molecular complexity index is 765. The van der Waals surface area contributed by atoms with Crippen LogP contribution in [0.4, 0.5) is 13.2 Å². The van der Waals surface area contributed by atoms with Crippen molar-refractivity contribution in [1.82, 2.24) is 15.0 Å². The molecule has 8 heteroatoms. The van der Waals surface area contributed by atoms with Gasteiger partial charge in [-0.25, -0.2) is 9.97 Å². The van der Waals surface area contributed by atoms with Crippen LogP contribution < -0.4 is 0 Å². The van der Waals surface area contributed by atoms with E-state index in [1.807, 2.05) is 6.07 Å². The highest BCUT2D eigenvalue weighted by atomic mass is 32.1. The van der Waals surface area contributed by atoms with E-state index < -0.39 is 11.9 Å². The molecule has 3 aromatic rings. The number of oxazole rings is 1. The highest BCUT2D eigenvalue weighted by molar-refractivity contribution is 7.18. The van der Waals surface area contributed by atoms with E-state index in [9.17, 15) is 13.2 Å². The average Bonchev–Trinajstić information content (AvgIpc) is 3.05. The van der Waals surface area contributed by atoms with Crippen LogP contribution in [0, 0.1) is 6.92 Å². The van der Waals surface area contributed by atoms with Gasteiger partial charge < -0.3 is 4.42 Å². The highest BCUT2D eigenvalue weighted by Gasteiger charge is 2.35. The minimum absolute atomic E-state index is 0.0764. The van der Waals surface area contributed by atoms with E-state index in [0.717, 1.165) is 5.56 Å². The summed E-state index contributed by atoms with van der Waals surface area (Å²) in [7, 11) is 0. The molecule has 108 valence electrons. The van der Waals surface area contributed by atoms with Gasteiger partial charge in [0.2, 0.25) is 5.89 Å². The van der Waals surface area contributed by atoms with Crippen molar-refractivity contribution in [2.75, 3.05) is 0 Å². The number of halogens is 3. The molecule has 0 bridgehead atoms. The van der Waals surface area contributed by atoms with Crippen molar-refractivity contribution in [3.8, 4) is 21.3 Å². The van der Waals surface area contributed by atoms with Gasteiger partial charge in [0.05, 0.1) is 5.69 Å². The Kier molecular flexibility index (Phi) is 3.25. The molecule has 0 aliphatic carbocycles. The van der Waals surface area contributed by atoms with Crippen molar-refractivity contribution in [2.24, 2.45) is 0 Å². The molecule has 0 saturated carbocycles. The topological polar surface area (TPSA) is 51.8 Å². The summed E-state index contributed by atoms with van der Waals surface area (Å²) in [5, 5.41) is 0.655. The van der Waals surface area contributed by atoms with Gasteiger partial charge in [0.1, 0.15) is 16.1 Å². The molecule has 0 aromatic carbocycles. The maximum Gasteiger partial charge on any atom is 0.436 e. The fourth-order valence-electron chi connectivity index (χ4n) is 1.72. The Balaban J connectivity index is 2.00. The second-order valence-corrected chi connectivity index (χ2v) is 5.21. The van der Waals surface area contributed by atoms with Gasteiger partial charge in [-0.05, 0) is 19.1 Å². The molecule has 0 spiro atoms. The van der Waals surface area contributed by atoms with Crippen LogP contribution in [0.25, 0.3) is 21.3 Å². The Morgan fingerprint density at radius 1 is 1.24 bits per heavy atom. The summed E-state index contributed by atoms with van der Waals surface area (Å²) in [6.45, 7) is 1.70. The van der Waals surface area contributed by atoms with E-state index in [0.29, 0.717) is 21.8 Å². The smallest absolute Gasteiger partial charge is 0.436 e. The predicted molar refractivity (Wildman–Crippen MR) is 70.6 cm³/mol. The largest absolute Gasteiger partial charge is 0.443 e. The predicted octanol–water partition coefficient (Wildman–Crippen LogP) is 4.19. The molecule has 3 aromatic heterocycles. The van der Waals surface area contributed by atoms with Crippen LogP contribution in [-0.2, 0) is 6.18 Å². The SMILES string of the molecule is Cc1nc(-c2cccnc2)sc1-c1nc(C(F)(F)F)co1. The van der Waals surface area contributed by atoms with Gasteiger partial charge in [0, 0.05) is 18.0 Å². The van der Waals surface area contributed by atoms with Gasteiger partial charge in [-0.3, -0.25) is 4.98 Å². The summed E-state index contributed by atoms with van der Waals surface area (Å²) >= 11 is 1.21. The molecule has 3 heterocycles. The maximum atomic E-state index is 12.5. The number of rotatable bonds is 2. The fourth-order valence-corrected chi connectivity index (χ4v) is 2.70. The lowest BCUT2D eigenvalue weighted by Crippen LogP contribution is -2.04. The first-order valence-electron chi connectivity index (χ1n) is 5.86. The Hall–Kier alpha value is -2.22. The number of thiazole rings is 1. The molecular weight excluding hydrogens is 303 g/mol. The lowest BCUT2D eigenvalue weighted by molar-refractivity contribution is -0.141. The first-order valence-corrected chi connectivity index (χ1v) is 6.68. The third-order valence-corrected chi connectivity index (χ3v) is 3.89. The quantitative estimate of drug-likeness (QED) is 0.712. The van der Waals surface area contributed by atoms with Crippen molar-refractivity contribution in [1.29, 1.82) is 0 Å². The van der Waals surface area contributed by atoms with Gasteiger partial charge in [-0.2, -0.15) is 13.2 Å². The molecule has 0 aliphatic heterocycles. The molecule has 0 atom stereocenters. The van der Waals surface area contributed by atoms with Crippen molar-refractivity contribution in [2.45, 2.75) is 13.1 Å². The standard InChI is InChI=1S/C13H8F3N3OS/c1-7-10(11-19-9(6-20-11)13(14,15)16)21-12(18-7)8-3-2-4-17-5-8/h2-6H,1H3. The molecule has 21 heavy (non-hydrogen) atoms. The molecule has 0 amide bonds. The first-order chi connectivity index (χ1) is 9.95. The fraction of sp³-hybridized carbons (Fsp3) is 0.154. The van der Waals surface area contributed by atoms with E-state index in [4.69, 9.17) is 4.42 Å². The van der Waals surface area contributed by atoms with Gasteiger partial charge in [0.25, 0.3) is 0 Å². The lowest BCUT2D eigenvalue weighted by Gasteiger charge is -1.98. The van der Waals surface area contributed by atoms with Gasteiger partial charge in [-0.1, -0.05) is 0 Å². The van der Waals surface area contributed by atoms with Crippen LogP contribution in [0.3, 0.4) is 0 Å². The minimum atomic E-state index is -4.52. The van der Waals surface area contributed by atoms with Crippen molar-refractivity contribution in [3.63, 3.8) is 0 Å². The normalized spacial score (nSPS) is 11.8. The van der Waals surface area contributed by atoms with Gasteiger partial charge in [-0.15, -0.1) is 11.3 Å². The Morgan fingerprint density at radius 3 is 2.67 bits per heavy atom. The molecule has 3 rings (SSSR count). The number of nitrogens with zero attached hydrogens (tertiary/aromatic N) is 3. The molecule has 4 nitrogen and oxygen atoms in total. The maximum absolute atomic E-state index is 12.5. The number of hydrogen-bond donors (Lipinski definition) is 0. The molecule has 0 fully saturated rings. The zero-order valence-electron chi connectivity index (χ0n) is 10.7. The third-order valence-electron chi connectivity index (χ3n) is 2.69. The van der Waals surface area contributed by atoms with E-state index in [1.54, 1.807) is 25.4 Å². The second kappa shape index (κ2) is 4.96. The van der Waals surface area contributed by atoms with Crippen molar-refractivity contribution < 1.29 is 17.6 Å².